The van der Waals surface area contributed by atoms with Crippen LogP contribution in [0.3, 0.4) is 0 Å². The van der Waals surface area contributed by atoms with Crippen LogP contribution in [0.4, 0.5) is 0 Å². The summed E-state index contributed by atoms with van der Waals surface area (Å²) in [5.74, 6) is 2.70. The van der Waals surface area contributed by atoms with Crippen LogP contribution in [0.15, 0.2) is 70.8 Å². The summed E-state index contributed by atoms with van der Waals surface area (Å²) in [6.45, 7) is 5.73. The molecule has 3 aromatic carbocycles. The molecule has 4 rings (SSSR count). The van der Waals surface area contributed by atoms with Gasteiger partial charge in [-0.25, -0.2) is 0 Å². The second-order valence-corrected chi connectivity index (χ2v) is 9.96. The van der Waals surface area contributed by atoms with Crippen LogP contribution in [-0.4, -0.2) is 42.8 Å². The highest BCUT2D eigenvalue weighted by Crippen LogP contribution is 2.29. The summed E-state index contributed by atoms with van der Waals surface area (Å²) in [6, 6.07) is 19.2. The molecule has 3 aromatic rings. The topological polar surface area (TPSA) is 69.3 Å². The summed E-state index contributed by atoms with van der Waals surface area (Å²) in [5.41, 5.74) is 3.14. The lowest BCUT2D eigenvalue weighted by atomic mass is 10.1. The molecule has 0 radical (unpaired) electrons. The van der Waals surface area contributed by atoms with Crippen LogP contribution in [-0.2, 0) is 17.8 Å². The predicted octanol–water partition coefficient (Wildman–Crippen LogP) is 6.13. The maximum Gasteiger partial charge on any atom is 0.276 e. The van der Waals surface area contributed by atoms with Gasteiger partial charge in [0.15, 0.2) is 16.6 Å². The van der Waals surface area contributed by atoms with Gasteiger partial charge in [0.1, 0.15) is 23.8 Å². The van der Waals surface area contributed by atoms with Crippen molar-refractivity contribution in [2.24, 2.45) is 0 Å². The zero-order valence-corrected chi connectivity index (χ0v) is 24.6. The molecule has 1 saturated heterocycles. The van der Waals surface area contributed by atoms with E-state index in [1.807, 2.05) is 74.5 Å². The number of amides is 1. The number of hydrogen-bond acceptors (Lipinski definition) is 6. The number of halogens is 1. The van der Waals surface area contributed by atoms with Crippen molar-refractivity contribution >= 4 is 45.2 Å². The molecular weight excluding hydrogens is 580 g/mol. The number of nitrogens with one attached hydrogen (secondary N) is 1. The molecule has 1 aliphatic rings. The first-order valence-electron chi connectivity index (χ1n) is 12.7. The van der Waals surface area contributed by atoms with Gasteiger partial charge in [0, 0.05) is 16.6 Å². The number of carbonyl (C=O) groups is 1. The molecule has 1 amide bonds. The van der Waals surface area contributed by atoms with Crippen LogP contribution in [0.1, 0.15) is 30.5 Å². The SMILES string of the molecule is CCOc1ccc(CCN2C(=O)/C(=C\c3ccc(OC)c(COc4ccc(Br)cc4)c3)NC2=S)cc1OCC. The first kappa shape index (κ1) is 28.4. The molecule has 0 saturated carbocycles. The zero-order valence-electron chi connectivity index (χ0n) is 22.2. The smallest absolute Gasteiger partial charge is 0.276 e. The lowest BCUT2D eigenvalue weighted by Gasteiger charge is -2.16. The number of nitrogens with zero attached hydrogens (tertiary/aromatic N) is 1. The summed E-state index contributed by atoms with van der Waals surface area (Å²) >= 11 is 8.91. The maximum absolute atomic E-state index is 13.2. The predicted molar refractivity (Wildman–Crippen MR) is 159 cm³/mol. The van der Waals surface area contributed by atoms with E-state index < -0.39 is 0 Å². The largest absolute Gasteiger partial charge is 0.496 e. The molecule has 1 fully saturated rings. The number of benzene rings is 3. The average molecular weight is 612 g/mol. The van der Waals surface area contributed by atoms with Crippen molar-refractivity contribution in [3.05, 3.63) is 87.5 Å². The maximum atomic E-state index is 13.2. The Kier molecular flexibility index (Phi) is 9.84. The molecule has 7 nitrogen and oxygen atoms in total. The van der Waals surface area contributed by atoms with Crippen LogP contribution in [0.5, 0.6) is 23.0 Å². The average Bonchev–Trinajstić information content (AvgIpc) is 3.20. The summed E-state index contributed by atoms with van der Waals surface area (Å²) in [6.07, 6.45) is 2.41. The van der Waals surface area contributed by atoms with Crippen LogP contribution < -0.4 is 24.3 Å². The molecule has 39 heavy (non-hydrogen) atoms. The second-order valence-electron chi connectivity index (χ2n) is 8.66. The number of carbonyl (C=O) groups excluding carboxylic acids is 1. The Morgan fingerprint density at radius 2 is 1.64 bits per heavy atom. The highest BCUT2D eigenvalue weighted by atomic mass is 79.9. The minimum Gasteiger partial charge on any atom is -0.496 e. The van der Waals surface area contributed by atoms with Gasteiger partial charge in [-0.15, -0.1) is 0 Å². The number of methoxy groups -OCH3 is 1. The summed E-state index contributed by atoms with van der Waals surface area (Å²) in [7, 11) is 1.62. The molecule has 0 spiro atoms. The van der Waals surface area contributed by atoms with Crippen LogP contribution in [0.2, 0.25) is 0 Å². The first-order valence-corrected chi connectivity index (χ1v) is 13.9. The van der Waals surface area contributed by atoms with E-state index >= 15 is 0 Å². The Morgan fingerprint density at radius 3 is 2.36 bits per heavy atom. The quantitative estimate of drug-likeness (QED) is 0.195. The molecule has 1 N–H and O–H groups in total. The van der Waals surface area contributed by atoms with Gasteiger partial charge in [0.05, 0.1) is 20.3 Å². The molecule has 1 heterocycles. The molecule has 0 atom stereocenters. The molecule has 1 aliphatic heterocycles. The number of rotatable bonds is 12. The third kappa shape index (κ3) is 7.30. The fraction of sp³-hybridized carbons (Fsp3) is 0.267. The second kappa shape index (κ2) is 13.5. The van der Waals surface area contributed by atoms with Crippen molar-refractivity contribution in [2.75, 3.05) is 26.9 Å². The number of ether oxygens (including phenoxy) is 4. The third-order valence-corrected chi connectivity index (χ3v) is 6.87. The fourth-order valence-corrected chi connectivity index (χ4v) is 4.67. The van der Waals surface area contributed by atoms with Crippen molar-refractivity contribution in [2.45, 2.75) is 26.9 Å². The normalized spacial score (nSPS) is 13.9. The van der Waals surface area contributed by atoms with E-state index in [1.54, 1.807) is 18.1 Å². The lowest BCUT2D eigenvalue weighted by molar-refractivity contribution is -0.122. The standard InChI is InChI=1S/C30H31BrN2O5S/c1-4-36-27-13-6-20(18-28(27)37-5-2)14-15-33-29(34)25(32-30(33)39)17-21-7-12-26(35-3)22(16-21)19-38-24-10-8-23(31)9-11-24/h6-13,16-18H,4-5,14-15,19H2,1-3H3,(H,32,39)/b25-17+. The van der Waals surface area contributed by atoms with Gasteiger partial charge in [-0.3, -0.25) is 9.69 Å². The van der Waals surface area contributed by atoms with E-state index in [4.69, 9.17) is 31.2 Å². The number of thiocarbonyl (C=S) groups is 1. The Labute approximate surface area is 242 Å². The molecule has 204 valence electrons. The Balaban J connectivity index is 1.44. The van der Waals surface area contributed by atoms with Crippen molar-refractivity contribution < 1.29 is 23.7 Å². The van der Waals surface area contributed by atoms with Crippen LogP contribution in [0.25, 0.3) is 6.08 Å². The van der Waals surface area contributed by atoms with Crippen molar-refractivity contribution in [3.8, 4) is 23.0 Å². The van der Waals surface area contributed by atoms with Gasteiger partial charge < -0.3 is 24.3 Å². The molecule has 0 unspecified atom stereocenters. The third-order valence-electron chi connectivity index (χ3n) is 6.02. The molecule has 0 bridgehead atoms. The zero-order chi connectivity index (χ0) is 27.8. The number of hydrogen-bond donors (Lipinski definition) is 1. The van der Waals surface area contributed by atoms with Crippen molar-refractivity contribution in [3.63, 3.8) is 0 Å². The first-order chi connectivity index (χ1) is 18.9. The molecule has 9 heteroatoms. The fourth-order valence-electron chi connectivity index (χ4n) is 4.13. The van der Waals surface area contributed by atoms with Gasteiger partial charge in [0.2, 0.25) is 0 Å². The summed E-state index contributed by atoms with van der Waals surface area (Å²) in [4.78, 5) is 14.8. The van der Waals surface area contributed by atoms with Gasteiger partial charge in [0.25, 0.3) is 5.91 Å². The highest BCUT2D eigenvalue weighted by Gasteiger charge is 2.30. The van der Waals surface area contributed by atoms with Crippen LogP contribution in [0, 0.1) is 0 Å². The molecule has 0 aliphatic carbocycles. The van der Waals surface area contributed by atoms with Gasteiger partial charge in [-0.05, 0) is 98.2 Å². The van der Waals surface area contributed by atoms with Crippen LogP contribution >= 0.6 is 28.1 Å². The van der Waals surface area contributed by atoms with E-state index in [1.165, 1.54) is 0 Å². The van der Waals surface area contributed by atoms with E-state index in [0.717, 1.165) is 26.9 Å². The van der Waals surface area contributed by atoms with E-state index in [-0.39, 0.29) is 5.91 Å². The minimum atomic E-state index is -0.167. The van der Waals surface area contributed by atoms with Gasteiger partial charge in [-0.2, -0.15) is 0 Å². The van der Waals surface area contributed by atoms with E-state index in [9.17, 15) is 4.79 Å². The van der Waals surface area contributed by atoms with E-state index in [0.29, 0.717) is 60.8 Å². The minimum absolute atomic E-state index is 0.167. The lowest BCUT2D eigenvalue weighted by Crippen LogP contribution is -2.32. The summed E-state index contributed by atoms with van der Waals surface area (Å²) in [5, 5.41) is 3.45. The van der Waals surface area contributed by atoms with Crippen molar-refractivity contribution in [1.82, 2.24) is 10.2 Å². The Morgan fingerprint density at radius 1 is 0.923 bits per heavy atom. The van der Waals surface area contributed by atoms with Gasteiger partial charge in [-0.1, -0.05) is 28.1 Å². The Hall–Kier alpha value is -3.56. The monoisotopic (exact) mass is 610 g/mol. The highest BCUT2D eigenvalue weighted by molar-refractivity contribution is 9.10. The molecular formula is C30H31BrN2O5S. The van der Waals surface area contributed by atoms with Gasteiger partial charge >= 0.3 is 0 Å². The van der Waals surface area contributed by atoms with Crippen molar-refractivity contribution in [1.29, 1.82) is 0 Å². The summed E-state index contributed by atoms with van der Waals surface area (Å²) < 4.78 is 23.8. The molecule has 0 aromatic heterocycles. The Bertz CT molecular complexity index is 1360. The van der Waals surface area contributed by atoms with E-state index in [2.05, 4.69) is 21.2 Å².